The molecule has 4 nitrogen and oxygen atoms in total. The van der Waals surface area contributed by atoms with E-state index in [1.807, 2.05) is 18.2 Å². The van der Waals surface area contributed by atoms with Gasteiger partial charge in [0.15, 0.2) is 0 Å². The lowest BCUT2D eigenvalue weighted by molar-refractivity contribution is 0.393. The fraction of sp³-hybridized carbons (Fsp3) is 0.571. The van der Waals surface area contributed by atoms with Crippen molar-refractivity contribution in [3.8, 4) is 11.5 Å². The van der Waals surface area contributed by atoms with Gasteiger partial charge in [0.1, 0.15) is 11.5 Å². The SMILES string of the molecule is COc1cc(CCNCCCCN)cc(OC)c1. The van der Waals surface area contributed by atoms with Crippen LogP contribution in [-0.2, 0) is 6.42 Å². The van der Waals surface area contributed by atoms with Gasteiger partial charge in [0, 0.05) is 6.07 Å². The average Bonchev–Trinajstić information content (AvgIpc) is 2.42. The van der Waals surface area contributed by atoms with Gasteiger partial charge in [-0.3, -0.25) is 0 Å². The van der Waals surface area contributed by atoms with Gasteiger partial charge in [0.05, 0.1) is 14.2 Å². The molecular formula is C14H24N2O2. The van der Waals surface area contributed by atoms with Gasteiger partial charge < -0.3 is 20.5 Å². The van der Waals surface area contributed by atoms with E-state index in [1.54, 1.807) is 14.2 Å². The highest BCUT2D eigenvalue weighted by Crippen LogP contribution is 2.22. The predicted octanol–water partition coefficient (Wildman–Crippen LogP) is 1.57. The maximum absolute atomic E-state index is 5.44. The number of nitrogens with two attached hydrogens (primary N) is 1. The summed E-state index contributed by atoms with van der Waals surface area (Å²) in [4.78, 5) is 0. The Morgan fingerprint density at radius 3 is 2.22 bits per heavy atom. The molecule has 1 aromatic carbocycles. The Bertz CT molecular complexity index is 320. The largest absolute Gasteiger partial charge is 0.497 e. The van der Waals surface area contributed by atoms with Crippen LogP contribution in [-0.4, -0.2) is 33.9 Å². The Balaban J connectivity index is 2.36. The summed E-state index contributed by atoms with van der Waals surface area (Å²) in [6.07, 6.45) is 3.19. The molecular weight excluding hydrogens is 228 g/mol. The lowest BCUT2D eigenvalue weighted by Gasteiger charge is -2.09. The van der Waals surface area contributed by atoms with E-state index < -0.39 is 0 Å². The van der Waals surface area contributed by atoms with Gasteiger partial charge in [-0.25, -0.2) is 0 Å². The van der Waals surface area contributed by atoms with Crippen LogP contribution in [0.25, 0.3) is 0 Å². The number of hydrogen-bond donors (Lipinski definition) is 2. The van der Waals surface area contributed by atoms with Crippen molar-refractivity contribution in [1.29, 1.82) is 0 Å². The van der Waals surface area contributed by atoms with Crippen molar-refractivity contribution in [3.63, 3.8) is 0 Å². The van der Waals surface area contributed by atoms with E-state index in [-0.39, 0.29) is 0 Å². The summed E-state index contributed by atoms with van der Waals surface area (Å²) < 4.78 is 10.5. The Morgan fingerprint density at radius 1 is 1.00 bits per heavy atom. The van der Waals surface area contributed by atoms with E-state index >= 15 is 0 Å². The molecule has 18 heavy (non-hydrogen) atoms. The molecule has 0 unspecified atom stereocenters. The number of hydrogen-bond acceptors (Lipinski definition) is 4. The molecule has 0 aliphatic carbocycles. The summed E-state index contributed by atoms with van der Waals surface area (Å²) in [5.74, 6) is 1.68. The molecule has 0 aromatic heterocycles. The number of ether oxygens (including phenoxy) is 2. The molecule has 0 aliphatic heterocycles. The van der Waals surface area contributed by atoms with Gasteiger partial charge in [-0.15, -0.1) is 0 Å². The lowest BCUT2D eigenvalue weighted by Crippen LogP contribution is -2.19. The summed E-state index contributed by atoms with van der Waals surface area (Å²) >= 11 is 0. The van der Waals surface area contributed by atoms with Crippen LogP contribution in [0.1, 0.15) is 18.4 Å². The summed E-state index contributed by atoms with van der Waals surface area (Å²) in [5.41, 5.74) is 6.66. The third-order valence-corrected chi connectivity index (χ3v) is 2.81. The van der Waals surface area contributed by atoms with Crippen molar-refractivity contribution in [2.75, 3.05) is 33.9 Å². The van der Waals surface area contributed by atoms with E-state index in [9.17, 15) is 0 Å². The van der Waals surface area contributed by atoms with E-state index in [0.717, 1.165) is 50.4 Å². The summed E-state index contributed by atoms with van der Waals surface area (Å²) in [6, 6.07) is 5.98. The monoisotopic (exact) mass is 252 g/mol. The molecule has 1 aromatic rings. The zero-order valence-corrected chi connectivity index (χ0v) is 11.4. The van der Waals surface area contributed by atoms with Crippen LogP contribution in [0.3, 0.4) is 0 Å². The first-order chi connectivity index (χ1) is 8.80. The molecule has 1 rings (SSSR count). The fourth-order valence-corrected chi connectivity index (χ4v) is 1.76. The van der Waals surface area contributed by atoms with Crippen molar-refractivity contribution in [1.82, 2.24) is 5.32 Å². The number of methoxy groups -OCH3 is 2. The molecule has 0 atom stereocenters. The van der Waals surface area contributed by atoms with Crippen LogP contribution in [0.15, 0.2) is 18.2 Å². The molecule has 3 N–H and O–H groups in total. The van der Waals surface area contributed by atoms with Crippen LogP contribution in [0.2, 0.25) is 0 Å². The summed E-state index contributed by atoms with van der Waals surface area (Å²) in [7, 11) is 3.34. The Morgan fingerprint density at radius 2 is 1.67 bits per heavy atom. The minimum atomic E-state index is 0.773. The zero-order valence-electron chi connectivity index (χ0n) is 11.4. The number of benzene rings is 1. The van der Waals surface area contributed by atoms with Crippen molar-refractivity contribution in [2.45, 2.75) is 19.3 Å². The Hall–Kier alpha value is -1.26. The number of rotatable bonds is 9. The molecule has 0 fully saturated rings. The minimum absolute atomic E-state index is 0.773. The third kappa shape index (κ3) is 5.38. The molecule has 0 heterocycles. The van der Waals surface area contributed by atoms with Crippen LogP contribution in [0, 0.1) is 0 Å². The topological polar surface area (TPSA) is 56.5 Å². The smallest absolute Gasteiger partial charge is 0.122 e. The van der Waals surface area contributed by atoms with Crippen LogP contribution in [0.4, 0.5) is 0 Å². The average molecular weight is 252 g/mol. The van der Waals surface area contributed by atoms with Gasteiger partial charge in [-0.05, 0) is 56.6 Å². The van der Waals surface area contributed by atoms with Crippen molar-refractivity contribution in [2.24, 2.45) is 5.73 Å². The highest BCUT2D eigenvalue weighted by Gasteiger charge is 2.01. The Kier molecular flexibility index (Phi) is 7.22. The standard InChI is InChI=1S/C14H24N2O2/c1-17-13-9-12(10-14(11-13)18-2)5-8-16-7-4-3-6-15/h9-11,16H,3-8,15H2,1-2H3. The fourth-order valence-electron chi connectivity index (χ4n) is 1.76. The maximum atomic E-state index is 5.44. The van der Waals surface area contributed by atoms with Crippen LogP contribution in [0.5, 0.6) is 11.5 Å². The van der Waals surface area contributed by atoms with E-state index in [0.29, 0.717) is 0 Å². The first kappa shape index (κ1) is 14.8. The lowest BCUT2D eigenvalue weighted by atomic mass is 10.1. The Labute approximate surface area is 109 Å². The summed E-state index contributed by atoms with van der Waals surface area (Å²) in [6.45, 7) is 2.76. The van der Waals surface area contributed by atoms with Crippen LogP contribution < -0.4 is 20.5 Å². The zero-order chi connectivity index (χ0) is 13.2. The van der Waals surface area contributed by atoms with Gasteiger partial charge in [0.2, 0.25) is 0 Å². The highest BCUT2D eigenvalue weighted by molar-refractivity contribution is 5.38. The molecule has 0 radical (unpaired) electrons. The van der Waals surface area contributed by atoms with Crippen molar-refractivity contribution in [3.05, 3.63) is 23.8 Å². The van der Waals surface area contributed by atoms with Crippen molar-refractivity contribution >= 4 is 0 Å². The van der Waals surface area contributed by atoms with E-state index in [4.69, 9.17) is 15.2 Å². The molecule has 0 amide bonds. The quantitative estimate of drug-likeness (QED) is 0.655. The van der Waals surface area contributed by atoms with Gasteiger partial charge >= 0.3 is 0 Å². The normalized spacial score (nSPS) is 10.4. The summed E-state index contributed by atoms with van der Waals surface area (Å²) in [5, 5.41) is 3.41. The van der Waals surface area contributed by atoms with Crippen LogP contribution >= 0.6 is 0 Å². The van der Waals surface area contributed by atoms with E-state index in [2.05, 4.69) is 5.32 Å². The second-order valence-corrected chi connectivity index (χ2v) is 4.22. The molecule has 0 saturated heterocycles. The van der Waals surface area contributed by atoms with Gasteiger partial charge in [0.25, 0.3) is 0 Å². The molecule has 4 heteroatoms. The minimum Gasteiger partial charge on any atom is -0.497 e. The number of nitrogens with one attached hydrogen (secondary N) is 1. The second-order valence-electron chi connectivity index (χ2n) is 4.22. The molecule has 0 bridgehead atoms. The predicted molar refractivity (Wildman–Crippen MR) is 74.4 cm³/mol. The third-order valence-electron chi connectivity index (χ3n) is 2.81. The van der Waals surface area contributed by atoms with Crippen molar-refractivity contribution < 1.29 is 9.47 Å². The molecule has 0 saturated carbocycles. The first-order valence-corrected chi connectivity index (χ1v) is 6.43. The first-order valence-electron chi connectivity index (χ1n) is 6.43. The second kappa shape index (κ2) is 8.78. The molecule has 0 aliphatic rings. The van der Waals surface area contributed by atoms with Gasteiger partial charge in [-0.2, -0.15) is 0 Å². The molecule has 0 spiro atoms. The highest BCUT2D eigenvalue weighted by atomic mass is 16.5. The molecule has 102 valence electrons. The van der Waals surface area contributed by atoms with Gasteiger partial charge in [-0.1, -0.05) is 0 Å². The number of unbranched alkanes of at least 4 members (excludes halogenated alkanes) is 1. The maximum Gasteiger partial charge on any atom is 0.122 e. The van der Waals surface area contributed by atoms with E-state index in [1.165, 1.54) is 5.56 Å².